The van der Waals surface area contributed by atoms with Crippen LogP contribution in [0.25, 0.3) is 0 Å². The van der Waals surface area contributed by atoms with Crippen LogP contribution in [0.1, 0.15) is 6.92 Å². The number of benzene rings is 1. The molecule has 1 unspecified atom stereocenters. The van der Waals surface area contributed by atoms with Crippen molar-refractivity contribution in [1.29, 1.82) is 0 Å². The van der Waals surface area contributed by atoms with Gasteiger partial charge in [0.25, 0.3) is 5.91 Å². The SMILES string of the molecule is CC1CN2C(=C1Br)C(=O)Nc1ccccc12. The van der Waals surface area contributed by atoms with Gasteiger partial charge in [0, 0.05) is 16.9 Å². The standard InChI is InChI=1S/C12H11BrN2O/c1-7-6-15-9-5-3-2-4-8(9)14-12(16)11(15)10(7)13/h2-5,7H,6H2,1H3,(H,14,16). The molecule has 1 amide bonds. The Kier molecular flexibility index (Phi) is 2.07. The van der Waals surface area contributed by atoms with Crippen LogP contribution in [0.5, 0.6) is 0 Å². The lowest BCUT2D eigenvalue weighted by atomic mass is 10.2. The van der Waals surface area contributed by atoms with Crippen LogP contribution in [0.4, 0.5) is 11.4 Å². The van der Waals surface area contributed by atoms with Gasteiger partial charge in [-0.3, -0.25) is 4.79 Å². The van der Waals surface area contributed by atoms with E-state index in [1.807, 2.05) is 24.3 Å². The number of hydrogen-bond donors (Lipinski definition) is 1. The van der Waals surface area contributed by atoms with E-state index in [1.165, 1.54) is 0 Å². The number of halogens is 1. The van der Waals surface area contributed by atoms with Crippen molar-refractivity contribution in [3.05, 3.63) is 34.4 Å². The first kappa shape index (κ1) is 9.90. The molecular formula is C12H11BrN2O. The highest BCUT2D eigenvalue weighted by atomic mass is 79.9. The molecule has 4 heteroatoms. The first-order chi connectivity index (χ1) is 7.68. The average Bonchev–Trinajstić information content (AvgIpc) is 2.57. The molecule has 2 aliphatic heterocycles. The Morgan fingerprint density at radius 1 is 1.44 bits per heavy atom. The molecule has 1 atom stereocenters. The maximum Gasteiger partial charge on any atom is 0.273 e. The van der Waals surface area contributed by atoms with E-state index < -0.39 is 0 Å². The van der Waals surface area contributed by atoms with Gasteiger partial charge in [-0.1, -0.05) is 35.0 Å². The predicted molar refractivity (Wildman–Crippen MR) is 67.5 cm³/mol. The normalized spacial score (nSPS) is 23.0. The quantitative estimate of drug-likeness (QED) is 0.792. The summed E-state index contributed by atoms with van der Waals surface area (Å²) in [5.74, 6) is 0.349. The molecule has 1 N–H and O–H groups in total. The lowest BCUT2D eigenvalue weighted by Crippen LogP contribution is -2.33. The zero-order valence-electron chi connectivity index (χ0n) is 8.83. The van der Waals surface area contributed by atoms with Crippen molar-refractivity contribution in [2.24, 2.45) is 5.92 Å². The topological polar surface area (TPSA) is 32.3 Å². The molecule has 3 nitrogen and oxygen atoms in total. The summed E-state index contributed by atoms with van der Waals surface area (Å²) in [5, 5.41) is 2.91. The Morgan fingerprint density at radius 2 is 2.19 bits per heavy atom. The molecule has 0 spiro atoms. The maximum absolute atomic E-state index is 12.0. The van der Waals surface area contributed by atoms with Crippen molar-refractivity contribution in [3.63, 3.8) is 0 Å². The maximum atomic E-state index is 12.0. The molecule has 2 aliphatic rings. The van der Waals surface area contributed by atoms with Crippen LogP contribution in [0, 0.1) is 5.92 Å². The van der Waals surface area contributed by atoms with Gasteiger partial charge in [-0.25, -0.2) is 0 Å². The Bertz CT molecular complexity index is 509. The van der Waals surface area contributed by atoms with Gasteiger partial charge in [-0.2, -0.15) is 0 Å². The minimum absolute atomic E-state index is 0.0186. The zero-order chi connectivity index (χ0) is 11.3. The summed E-state index contributed by atoms with van der Waals surface area (Å²) in [4.78, 5) is 14.0. The van der Waals surface area contributed by atoms with E-state index in [9.17, 15) is 4.79 Å². The second kappa shape index (κ2) is 3.35. The lowest BCUT2D eigenvalue weighted by Gasteiger charge is -2.29. The minimum atomic E-state index is -0.0186. The molecular weight excluding hydrogens is 268 g/mol. The number of hydrogen-bond acceptors (Lipinski definition) is 2. The molecule has 82 valence electrons. The van der Waals surface area contributed by atoms with Crippen molar-refractivity contribution >= 4 is 33.2 Å². The Morgan fingerprint density at radius 3 is 3.00 bits per heavy atom. The lowest BCUT2D eigenvalue weighted by molar-refractivity contribution is -0.113. The fourth-order valence-corrected chi connectivity index (χ4v) is 2.79. The van der Waals surface area contributed by atoms with Crippen molar-refractivity contribution in [2.45, 2.75) is 6.92 Å². The molecule has 0 saturated carbocycles. The van der Waals surface area contributed by atoms with Gasteiger partial charge >= 0.3 is 0 Å². The molecule has 16 heavy (non-hydrogen) atoms. The first-order valence-electron chi connectivity index (χ1n) is 5.26. The van der Waals surface area contributed by atoms with Gasteiger partial charge in [0.05, 0.1) is 11.4 Å². The third-order valence-corrected chi connectivity index (χ3v) is 4.20. The summed E-state index contributed by atoms with van der Waals surface area (Å²) in [6, 6.07) is 7.89. The van der Waals surface area contributed by atoms with E-state index >= 15 is 0 Å². The average molecular weight is 279 g/mol. The van der Waals surface area contributed by atoms with E-state index in [-0.39, 0.29) is 5.91 Å². The monoisotopic (exact) mass is 278 g/mol. The molecule has 3 rings (SSSR count). The number of amides is 1. The van der Waals surface area contributed by atoms with Crippen molar-refractivity contribution in [2.75, 3.05) is 16.8 Å². The summed E-state index contributed by atoms with van der Waals surface area (Å²) in [6.07, 6.45) is 0. The highest BCUT2D eigenvalue weighted by Gasteiger charge is 2.36. The molecule has 0 radical (unpaired) electrons. The summed E-state index contributed by atoms with van der Waals surface area (Å²) in [7, 11) is 0. The summed E-state index contributed by atoms with van der Waals surface area (Å²) < 4.78 is 1.000. The van der Waals surface area contributed by atoms with Gasteiger partial charge in [0.1, 0.15) is 5.70 Å². The third kappa shape index (κ3) is 1.23. The number of rotatable bonds is 0. The van der Waals surface area contributed by atoms with Crippen LogP contribution in [0.3, 0.4) is 0 Å². The fourth-order valence-electron chi connectivity index (χ4n) is 2.25. The third-order valence-electron chi connectivity index (χ3n) is 3.04. The summed E-state index contributed by atoms with van der Waals surface area (Å²) >= 11 is 3.51. The largest absolute Gasteiger partial charge is 0.334 e. The molecule has 2 heterocycles. The number of carbonyl (C=O) groups is 1. The van der Waals surface area contributed by atoms with Crippen molar-refractivity contribution < 1.29 is 4.79 Å². The molecule has 0 fully saturated rings. The van der Waals surface area contributed by atoms with Crippen LogP contribution in [0.2, 0.25) is 0 Å². The second-order valence-corrected chi connectivity index (χ2v) is 5.03. The number of nitrogens with zero attached hydrogens (tertiary/aromatic N) is 1. The van der Waals surface area contributed by atoms with Gasteiger partial charge < -0.3 is 10.2 Å². The summed E-state index contributed by atoms with van der Waals surface area (Å²) in [6.45, 7) is 2.98. The molecule has 1 aromatic carbocycles. The van der Waals surface area contributed by atoms with E-state index in [0.29, 0.717) is 5.92 Å². The van der Waals surface area contributed by atoms with Crippen LogP contribution in [0.15, 0.2) is 34.4 Å². The number of anilines is 2. The number of fused-ring (bicyclic) bond motifs is 3. The fraction of sp³-hybridized carbons (Fsp3) is 0.250. The van der Waals surface area contributed by atoms with Crippen molar-refractivity contribution in [1.82, 2.24) is 0 Å². The van der Waals surface area contributed by atoms with Crippen LogP contribution >= 0.6 is 15.9 Å². The van der Waals surface area contributed by atoms with Gasteiger partial charge in [0.15, 0.2) is 0 Å². The Labute approximate surface area is 102 Å². The zero-order valence-corrected chi connectivity index (χ0v) is 10.4. The predicted octanol–water partition coefficient (Wildman–Crippen LogP) is 2.70. The van der Waals surface area contributed by atoms with E-state index in [0.717, 1.165) is 28.1 Å². The number of carbonyl (C=O) groups excluding carboxylic acids is 1. The molecule has 0 aromatic heterocycles. The van der Waals surface area contributed by atoms with Gasteiger partial charge in [-0.05, 0) is 12.1 Å². The Balaban J connectivity index is 2.19. The highest BCUT2D eigenvalue weighted by molar-refractivity contribution is 9.11. The molecule has 1 aromatic rings. The number of nitrogens with one attached hydrogen (secondary N) is 1. The van der Waals surface area contributed by atoms with Gasteiger partial charge in [0.2, 0.25) is 0 Å². The van der Waals surface area contributed by atoms with Crippen LogP contribution < -0.4 is 10.2 Å². The van der Waals surface area contributed by atoms with Crippen LogP contribution in [-0.2, 0) is 4.79 Å². The molecule has 0 bridgehead atoms. The highest BCUT2D eigenvalue weighted by Crippen LogP contribution is 2.42. The van der Waals surface area contributed by atoms with Gasteiger partial charge in [-0.15, -0.1) is 0 Å². The first-order valence-corrected chi connectivity index (χ1v) is 6.05. The minimum Gasteiger partial charge on any atom is -0.334 e. The van der Waals surface area contributed by atoms with E-state index in [1.54, 1.807) is 0 Å². The smallest absolute Gasteiger partial charge is 0.273 e. The summed E-state index contributed by atoms with van der Waals surface area (Å²) in [5.41, 5.74) is 2.73. The van der Waals surface area contributed by atoms with E-state index in [4.69, 9.17) is 0 Å². The molecule has 0 aliphatic carbocycles. The molecule has 0 saturated heterocycles. The Hall–Kier alpha value is -1.29. The van der Waals surface area contributed by atoms with E-state index in [2.05, 4.69) is 33.1 Å². The van der Waals surface area contributed by atoms with Crippen molar-refractivity contribution in [3.8, 4) is 0 Å². The second-order valence-electron chi connectivity index (χ2n) is 4.18. The van der Waals surface area contributed by atoms with Crippen LogP contribution in [-0.4, -0.2) is 12.5 Å². The number of para-hydroxylation sites is 2.